The number of nitrogens with two attached hydrogens (primary N) is 1. The maximum atomic E-state index is 13.1. The van der Waals surface area contributed by atoms with E-state index in [0.29, 0.717) is 29.7 Å². The molecule has 0 heterocycles. The van der Waals surface area contributed by atoms with Gasteiger partial charge in [-0.15, -0.1) is 0 Å². The van der Waals surface area contributed by atoms with Crippen molar-refractivity contribution >= 4 is 11.5 Å². The molecule has 0 aromatic heterocycles. The van der Waals surface area contributed by atoms with Crippen LogP contribution in [0.3, 0.4) is 0 Å². The van der Waals surface area contributed by atoms with Gasteiger partial charge in [-0.05, 0) is 50.0 Å². The normalized spacial score (nSPS) is 17.9. The summed E-state index contributed by atoms with van der Waals surface area (Å²) in [5, 5.41) is 0. The molecule has 0 spiro atoms. The van der Waals surface area contributed by atoms with Gasteiger partial charge in [0.05, 0.1) is 12.7 Å². The summed E-state index contributed by atoms with van der Waals surface area (Å²) in [6.45, 7) is 11.5. The van der Waals surface area contributed by atoms with Gasteiger partial charge in [0.1, 0.15) is 0 Å². The highest BCUT2D eigenvalue weighted by atomic mass is 16.5. The minimum Gasteiger partial charge on any atom is -0.398 e. The van der Waals surface area contributed by atoms with E-state index >= 15 is 0 Å². The van der Waals surface area contributed by atoms with E-state index in [4.69, 9.17) is 10.5 Å². The lowest BCUT2D eigenvalue weighted by molar-refractivity contribution is -0.117. The molecule has 1 saturated carbocycles. The van der Waals surface area contributed by atoms with Crippen molar-refractivity contribution in [3.8, 4) is 0 Å². The van der Waals surface area contributed by atoms with Gasteiger partial charge in [0.2, 0.25) is 0 Å². The Balaban J connectivity index is 2.20. The number of carbonyl (C=O) groups is 1. The van der Waals surface area contributed by atoms with Gasteiger partial charge in [-0.25, -0.2) is 0 Å². The molecule has 1 aromatic carbocycles. The molecule has 3 nitrogen and oxygen atoms in total. The van der Waals surface area contributed by atoms with Gasteiger partial charge < -0.3 is 10.5 Å². The zero-order valence-corrected chi connectivity index (χ0v) is 19.9. The summed E-state index contributed by atoms with van der Waals surface area (Å²) in [6, 6.07) is 8.04. The molecule has 2 rings (SSSR count). The van der Waals surface area contributed by atoms with Gasteiger partial charge in [0, 0.05) is 22.8 Å². The summed E-state index contributed by atoms with van der Waals surface area (Å²) in [5.41, 5.74) is 9.91. The molecule has 2 N–H and O–H groups in total. The lowest BCUT2D eigenvalue weighted by atomic mass is 9.83. The Kier molecular flexibility index (Phi) is 10.1. The van der Waals surface area contributed by atoms with Crippen LogP contribution in [0, 0.1) is 24.7 Å². The second-order valence-electron chi connectivity index (χ2n) is 9.24. The van der Waals surface area contributed by atoms with Crippen LogP contribution in [0.1, 0.15) is 90.2 Å². The first-order valence-electron chi connectivity index (χ1n) is 12.1. The van der Waals surface area contributed by atoms with Gasteiger partial charge in [-0.2, -0.15) is 0 Å². The molecule has 3 atom stereocenters. The molecule has 1 aliphatic carbocycles. The summed E-state index contributed by atoms with van der Waals surface area (Å²) >= 11 is 0. The molecule has 1 aromatic rings. The van der Waals surface area contributed by atoms with E-state index in [1.54, 1.807) is 0 Å². The minimum absolute atomic E-state index is 0.142. The van der Waals surface area contributed by atoms with Crippen LogP contribution in [0.15, 0.2) is 29.8 Å². The van der Waals surface area contributed by atoms with Crippen LogP contribution in [-0.4, -0.2) is 18.5 Å². The minimum atomic E-state index is 0.142. The lowest BCUT2D eigenvalue weighted by Gasteiger charge is -2.28. The molecule has 0 saturated heterocycles. The number of rotatable bonds is 14. The maximum Gasteiger partial charge on any atom is 0.166 e. The van der Waals surface area contributed by atoms with Crippen LogP contribution in [0.4, 0.5) is 0 Å². The molecule has 3 heteroatoms. The number of Topliss-reactive ketones (excluding diaryl/α,β-unsaturated/α-hetero) is 1. The van der Waals surface area contributed by atoms with E-state index in [2.05, 4.69) is 27.7 Å². The highest BCUT2D eigenvalue weighted by Gasteiger charge is 2.33. The standard InChI is InChI=1S/C27H43NO2/c1-6-11-22(19(4)8-3)17-23(12-7-2)30-18-25(27(29)21-15-16-21)26(28)24-14-10-9-13-20(24)5/h9-10,13-14,19,21-23H,6-8,11-12,15-18,28H2,1-5H3. The van der Waals surface area contributed by atoms with Crippen LogP contribution in [0.2, 0.25) is 0 Å². The van der Waals surface area contributed by atoms with Crippen molar-refractivity contribution in [2.24, 2.45) is 23.5 Å². The average Bonchev–Trinajstić information content (AvgIpc) is 3.58. The second kappa shape index (κ2) is 12.3. The molecule has 0 aliphatic heterocycles. The fourth-order valence-corrected chi connectivity index (χ4v) is 4.38. The zero-order valence-electron chi connectivity index (χ0n) is 19.9. The summed E-state index contributed by atoms with van der Waals surface area (Å²) < 4.78 is 6.44. The van der Waals surface area contributed by atoms with Gasteiger partial charge in [-0.3, -0.25) is 4.79 Å². The summed E-state index contributed by atoms with van der Waals surface area (Å²) in [6.07, 6.45) is 9.00. The van der Waals surface area contributed by atoms with E-state index in [-0.39, 0.29) is 17.8 Å². The molecule has 168 valence electrons. The maximum absolute atomic E-state index is 13.1. The summed E-state index contributed by atoms with van der Waals surface area (Å²) in [7, 11) is 0. The first-order chi connectivity index (χ1) is 14.4. The Morgan fingerprint density at radius 1 is 1.13 bits per heavy atom. The van der Waals surface area contributed by atoms with Gasteiger partial charge in [0.15, 0.2) is 5.78 Å². The molecular formula is C27H43NO2. The molecule has 0 amide bonds. The Morgan fingerprint density at radius 2 is 1.80 bits per heavy atom. The van der Waals surface area contributed by atoms with Crippen molar-refractivity contribution < 1.29 is 9.53 Å². The van der Waals surface area contributed by atoms with E-state index in [1.807, 2.05) is 31.2 Å². The van der Waals surface area contributed by atoms with Crippen molar-refractivity contribution in [2.45, 2.75) is 92.1 Å². The lowest BCUT2D eigenvalue weighted by Crippen LogP contribution is -2.25. The second-order valence-corrected chi connectivity index (χ2v) is 9.24. The third-order valence-electron chi connectivity index (χ3n) is 6.75. The Hall–Kier alpha value is -1.61. The monoisotopic (exact) mass is 413 g/mol. The highest BCUT2D eigenvalue weighted by molar-refractivity contribution is 6.05. The third-order valence-corrected chi connectivity index (χ3v) is 6.75. The Bertz CT molecular complexity index is 705. The van der Waals surface area contributed by atoms with Crippen LogP contribution < -0.4 is 5.73 Å². The van der Waals surface area contributed by atoms with E-state index in [9.17, 15) is 4.79 Å². The molecule has 1 aliphatic rings. The number of hydrogen-bond acceptors (Lipinski definition) is 3. The smallest absolute Gasteiger partial charge is 0.166 e. The topological polar surface area (TPSA) is 52.3 Å². The van der Waals surface area contributed by atoms with E-state index in [0.717, 1.165) is 43.2 Å². The quantitative estimate of drug-likeness (QED) is 0.346. The predicted molar refractivity (Wildman–Crippen MR) is 127 cm³/mol. The van der Waals surface area contributed by atoms with Crippen molar-refractivity contribution in [2.75, 3.05) is 6.61 Å². The van der Waals surface area contributed by atoms with Crippen molar-refractivity contribution in [1.82, 2.24) is 0 Å². The SMILES string of the molecule is CCCC(CC(CCC)C(C)CC)OCC(C(=O)C1CC1)=C(N)c1ccccc1C. The largest absolute Gasteiger partial charge is 0.398 e. The van der Waals surface area contributed by atoms with Gasteiger partial charge in [-0.1, -0.05) is 77.6 Å². The molecule has 1 fully saturated rings. The van der Waals surface area contributed by atoms with Crippen LogP contribution in [0.25, 0.3) is 5.70 Å². The summed E-state index contributed by atoms with van der Waals surface area (Å²) in [4.78, 5) is 13.1. The third kappa shape index (κ3) is 6.97. The molecule has 0 bridgehead atoms. The average molecular weight is 414 g/mol. The number of ketones is 1. The molecule has 30 heavy (non-hydrogen) atoms. The van der Waals surface area contributed by atoms with E-state index < -0.39 is 0 Å². The Labute approximate surface area is 184 Å². The fourth-order valence-electron chi connectivity index (χ4n) is 4.38. The van der Waals surface area contributed by atoms with Crippen LogP contribution >= 0.6 is 0 Å². The number of ether oxygens (including phenoxy) is 1. The zero-order chi connectivity index (χ0) is 22.1. The highest BCUT2D eigenvalue weighted by Crippen LogP contribution is 2.35. The van der Waals surface area contributed by atoms with Crippen LogP contribution in [0.5, 0.6) is 0 Å². The van der Waals surface area contributed by atoms with Gasteiger partial charge >= 0.3 is 0 Å². The van der Waals surface area contributed by atoms with Crippen molar-refractivity contribution in [3.63, 3.8) is 0 Å². The molecule has 3 unspecified atom stereocenters. The fraction of sp³-hybridized carbons (Fsp3) is 0.667. The van der Waals surface area contributed by atoms with Crippen molar-refractivity contribution in [1.29, 1.82) is 0 Å². The molecular weight excluding hydrogens is 370 g/mol. The van der Waals surface area contributed by atoms with Crippen molar-refractivity contribution in [3.05, 3.63) is 41.0 Å². The number of hydrogen-bond donors (Lipinski definition) is 1. The summed E-state index contributed by atoms with van der Waals surface area (Å²) in [5.74, 6) is 1.71. The number of benzene rings is 1. The number of carbonyl (C=O) groups excluding carboxylic acids is 1. The van der Waals surface area contributed by atoms with Gasteiger partial charge in [0.25, 0.3) is 0 Å². The Morgan fingerprint density at radius 3 is 2.37 bits per heavy atom. The first-order valence-corrected chi connectivity index (χ1v) is 12.1. The predicted octanol–water partition coefficient (Wildman–Crippen LogP) is 6.68. The van der Waals surface area contributed by atoms with E-state index in [1.165, 1.54) is 19.3 Å². The molecule has 0 radical (unpaired) electrons. The number of aryl methyl sites for hydroxylation is 1. The first kappa shape index (κ1) is 24.7. The van der Waals surface area contributed by atoms with Crippen LogP contribution in [-0.2, 0) is 9.53 Å².